The minimum atomic E-state index is 0.915. The number of nitrogens with zero attached hydrogens (tertiary/aromatic N) is 4. The molecule has 0 amide bonds. The highest BCUT2D eigenvalue weighted by atomic mass is 14.8. The molecule has 0 saturated heterocycles. The molecule has 4 heteroatoms. The van der Waals surface area contributed by atoms with Crippen LogP contribution < -0.4 is 0 Å². The van der Waals surface area contributed by atoms with Gasteiger partial charge in [-0.3, -0.25) is 19.9 Å². The van der Waals surface area contributed by atoms with E-state index in [-0.39, 0.29) is 0 Å². The zero-order valence-corrected chi connectivity index (χ0v) is 15.7. The highest BCUT2D eigenvalue weighted by Crippen LogP contribution is 2.11. The first-order valence-corrected chi connectivity index (χ1v) is 9.00. The second-order valence-corrected chi connectivity index (χ2v) is 5.57. The molecular weight excluding hydrogens is 332 g/mol. The van der Waals surface area contributed by atoms with Crippen molar-refractivity contribution in [1.29, 1.82) is 0 Å². The zero-order valence-electron chi connectivity index (χ0n) is 15.7. The topological polar surface area (TPSA) is 51.6 Å². The Morgan fingerprint density at radius 3 is 0.815 bits per heavy atom. The van der Waals surface area contributed by atoms with E-state index < -0.39 is 0 Å². The molecule has 0 aliphatic rings. The van der Waals surface area contributed by atoms with Crippen molar-refractivity contribution in [3.8, 4) is 22.8 Å². The summed E-state index contributed by atoms with van der Waals surface area (Å²) in [7, 11) is 0. The maximum Gasteiger partial charge on any atom is 0.0886 e. The summed E-state index contributed by atoms with van der Waals surface area (Å²) < 4.78 is 0. The van der Waals surface area contributed by atoms with Crippen LogP contribution in [0.2, 0.25) is 0 Å². The first kappa shape index (κ1) is 19.9. The Kier molecular flexibility index (Phi) is 8.88. The van der Waals surface area contributed by atoms with Crippen LogP contribution in [0.1, 0.15) is 20.3 Å². The molecule has 4 aromatic rings. The van der Waals surface area contributed by atoms with Crippen molar-refractivity contribution in [2.75, 3.05) is 0 Å². The van der Waals surface area contributed by atoms with Gasteiger partial charge >= 0.3 is 0 Å². The van der Waals surface area contributed by atoms with E-state index >= 15 is 0 Å². The Bertz CT molecular complexity index is 702. The Balaban J connectivity index is 0.000000170. The summed E-state index contributed by atoms with van der Waals surface area (Å²) in [5.74, 6) is 0. The minimum Gasteiger partial charge on any atom is -0.255 e. The first-order valence-electron chi connectivity index (χ1n) is 9.00. The molecular formula is C23H24N4. The van der Waals surface area contributed by atoms with Crippen LogP contribution in [0.25, 0.3) is 22.8 Å². The number of rotatable bonds is 2. The van der Waals surface area contributed by atoms with Gasteiger partial charge in [-0.15, -0.1) is 0 Å². The van der Waals surface area contributed by atoms with Gasteiger partial charge in [0.05, 0.1) is 22.8 Å². The predicted molar refractivity (Wildman–Crippen MR) is 111 cm³/mol. The van der Waals surface area contributed by atoms with Gasteiger partial charge in [-0.05, 0) is 48.5 Å². The third-order valence-corrected chi connectivity index (χ3v) is 3.18. The van der Waals surface area contributed by atoms with Crippen molar-refractivity contribution in [2.45, 2.75) is 20.3 Å². The lowest BCUT2D eigenvalue weighted by atomic mass is 10.2. The van der Waals surface area contributed by atoms with E-state index in [0.717, 1.165) is 22.8 Å². The smallest absolute Gasteiger partial charge is 0.0886 e. The van der Waals surface area contributed by atoms with Crippen LogP contribution in [-0.2, 0) is 0 Å². The van der Waals surface area contributed by atoms with Gasteiger partial charge in [0.15, 0.2) is 0 Å². The van der Waals surface area contributed by atoms with Crippen LogP contribution in [0.4, 0.5) is 0 Å². The van der Waals surface area contributed by atoms with E-state index in [2.05, 4.69) is 33.8 Å². The molecule has 0 bridgehead atoms. The first-order chi connectivity index (χ1) is 13.3. The molecule has 0 aliphatic carbocycles. The van der Waals surface area contributed by atoms with Crippen molar-refractivity contribution >= 4 is 0 Å². The van der Waals surface area contributed by atoms with Gasteiger partial charge in [-0.1, -0.05) is 44.5 Å². The Morgan fingerprint density at radius 1 is 0.444 bits per heavy atom. The van der Waals surface area contributed by atoms with Gasteiger partial charge in [0.2, 0.25) is 0 Å². The molecule has 27 heavy (non-hydrogen) atoms. The van der Waals surface area contributed by atoms with Crippen LogP contribution >= 0.6 is 0 Å². The summed E-state index contributed by atoms with van der Waals surface area (Å²) in [4.78, 5) is 16.7. The molecule has 0 spiro atoms. The van der Waals surface area contributed by atoms with E-state index in [1.165, 1.54) is 6.42 Å². The van der Waals surface area contributed by atoms with E-state index in [0.29, 0.717) is 0 Å². The molecule has 0 unspecified atom stereocenters. The third-order valence-electron chi connectivity index (χ3n) is 3.18. The fraction of sp³-hybridized carbons (Fsp3) is 0.130. The molecule has 0 aromatic carbocycles. The fourth-order valence-corrected chi connectivity index (χ4v) is 2.06. The number of pyridine rings is 4. The van der Waals surface area contributed by atoms with Crippen LogP contribution in [-0.4, -0.2) is 19.9 Å². The van der Waals surface area contributed by atoms with Crippen molar-refractivity contribution in [3.05, 3.63) is 97.6 Å². The zero-order chi connectivity index (χ0) is 19.2. The summed E-state index contributed by atoms with van der Waals surface area (Å²) in [6.07, 6.45) is 8.32. The van der Waals surface area contributed by atoms with Crippen molar-refractivity contribution in [1.82, 2.24) is 19.9 Å². The maximum atomic E-state index is 4.19. The number of aromatic nitrogens is 4. The molecule has 0 radical (unpaired) electrons. The van der Waals surface area contributed by atoms with E-state index in [1.54, 1.807) is 24.8 Å². The molecule has 4 nitrogen and oxygen atoms in total. The Morgan fingerprint density at radius 2 is 0.667 bits per heavy atom. The molecule has 4 heterocycles. The van der Waals surface area contributed by atoms with Crippen molar-refractivity contribution in [3.63, 3.8) is 0 Å². The van der Waals surface area contributed by atoms with Gasteiger partial charge in [0.25, 0.3) is 0 Å². The van der Waals surface area contributed by atoms with Gasteiger partial charge < -0.3 is 0 Å². The summed E-state index contributed by atoms with van der Waals surface area (Å²) in [5, 5.41) is 0. The second-order valence-electron chi connectivity index (χ2n) is 5.57. The maximum absolute atomic E-state index is 4.19. The van der Waals surface area contributed by atoms with Gasteiger partial charge in [0.1, 0.15) is 0 Å². The summed E-state index contributed by atoms with van der Waals surface area (Å²) in [5.41, 5.74) is 3.66. The summed E-state index contributed by atoms with van der Waals surface area (Å²) in [6.45, 7) is 4.25. The lowest BCUT2D eigenvalue weighted by Gasteiger charge is -1.96. The normalized spacial score (nSPS) is 9.26. The largest absolute Gasteiger partial charge is 0.255 e. The average Bonchev–Trinajstić information content (AvgIpc) is 2.77. The SMILES string of the molecule is CCC.c1ccc(-c2ccccn2)nc1.c1ccc(-c2ccccn2)nc1. The van der Waals surface area contributed by atoms with Gasteiger partial charge in [-0.25, -0.2) is 0 Å². The quantitative estimate of drug-likeness (QED) is 0.462. The highest BCUT2D eigenvalue weighted by molar-refractivity contribution is 5.53. The van der Waals surface area contributed by atoms with Crippen LogP contribution in [0.15, 0.2) is 97.6 Å². The third kappa shape index (κ3) is 7.16. The van der Waals surface area contributed by atoms with E-state index in [4.69, 9.17) is 0 Å². The predicted octanol–water partition coefficient (Wildman–Crippen LogP) is 5.70. The molecule has 0 atom stereocenters. The van der Waals surface area contributed by atoms with Crippen LogP contribution in [0.5, 0.6) is 0 Å². The molecule has 0 fully saturated rings. The summed E-state index contributed by atoms with van der Waals surface area (Å²) in [6, 6.07) is 23.2. The fourth-order valence-electron chi connectivity index (χ4n) is 2.06. The molecule has 4 rings (SSSR count). The van der Waals surface area contributed by atoms with E-state index in [9.17, 15) is 0 Å². The number of hydrogen-bond donors (Lipinski definition) is 0. The molecule has 0 aliphatic heterocycles. The van der Waals surface area contributed by atoms with Crippen LogP contribution in [0, 0.1) is 0 Å². The Hall–Kier alpha value is -3.40. The van der Waals surface area contributed by atoms with Crippen LogP contribution in [0.3, 0.4) is 0 Å². The molecule has 0 saturated carbocycles. The average molecular weight is 356 g/mol. The molecule has 0 N–H and O–H groups in total. The minimum absolute atomic E-state index is 0.915. The van der Waals surface area contributed by atoms with Crippen molar-refractivity contribution in [2.24, 2.45) is 0 Å². The monoisotopic (exact) mass is 356 g/mol. The highest BCUT2D eigenvalue weighted by Gasteiger charge is 1.96. The Labute approximate surface area is 161 Å². The van der Waals surface area contributed by atoms with Gasteiger partial charge in [-0.2, -0.15) is 0 Å². The van der Waals surface area contributed by atoms with Crippen molar-refractivity contribution < 1.29 is 0 Å². The second kappa shape index (κ2) is 12.0. The lowest BCUT2D eigenvalue weighted by molar-refractivity contribution is 1.09. The van der Waals surface area contributed by atoms with Gasteiger partial charge in [0, 0.05) is 24.8 Å². The van der Waals surface area contributed by atoms with E-state index in [1.807, 2.05) is 72.8 Å². The number of hydrogen-bond acceptors (Lipinski definition) is 4. The summed E-state index contributed by atoms with van der Waals surface area (Å²) >= 11 is 0. The standard InChI is InChI=1S/2C10H8N2.C3H8/c2*1-3-7-11-9(5-1)10-6-2-4-8-12-10;1-3-2/h2*1-8H;3H2,1-2H3. The molecule has 136 valence electrons. The lowest BCUT2D eigenvalue weighted by Crippen LogP contribution is -1.83. The molecule has 4 aromatic heterocycles.